The second-order valence-corrected chi connectivity index (χ2v) is 11.2. The molecule has 0 saturated carbocycles. The van der Waals surface area contributed by atoms with Crippen LogP contribution in [0, 0.1) is 0 Å². The van der Waals surface area contributed by atoms with Gasteiger partial charge in [-0.25, -0.2) is 8.42 Å². The minimum atomic E-state index is -4.19. The molecule has 11 heteroatoms. The second kappa shape index (κ2) is 12.6. The molecule has 2 amide bonds. The van der Waals surface area contributed by atoms with Crippen LogP contribution in [0.4, 0.5) is 5.69 Å². The predicted octanol–water partition coefficient (Wildman–Crippen LogP) is 5.40. The number of para-hydroxylation sites is 1. The summed E-state index contributed by atoms with van der Waals surface area (Å²) in [5.74, 6) is -0.980. The summed E-state index contributed by atoms with van der Waals surface area (Å²) in [6.45, 7) is 1.18. The molecule has 0 aliphatic heterocycles. The van der Waals surface area contributed by atoms with E-state index in [4.69, 9.17) is 34.8 Å². The van der Waals surface area contributed by atoms with Gasteiger partial charge in [0.15, 0.2) is 0 Å². The van der Waals surface area contributed by atoms with E-state index in [1.165, 1.54) is 30.1 Å². The number of hydrogen-bond acceptors (Lipinski definition) is 4. The molecule has 7 nitrogen and oxygen atoms in total. The summed E-state index contributed by atoms with van der Waals surface area (Å²) < 4.78 is 28.4. The number of sulfonamides is 1. The number of amides is 2. The SMILES string of the molecule is CC[C@@H](C(=O)NC)N(Cc1ccc(Cl)c(Cl)c1)C(=O)CN(c1ccccc1Cl)S(=O)(=O)c1ccccc1. The van der Waals surface area contributed by atoms with Gasteiger partial charge in [0.2, 0.25) is 11.8 Å². The van der Waals surface area contributed by atoms with Crippen molar-refractivity contribution in [2.24, 2.45) is 0 Å². The first kappa shape index (κ1) is 28.8. The summed E-state index contributed by atoms with van der Waals surface area (Å²) in [6.07, 6.45) is 0.296. The summed E-state index contributed by atoms with van der Waals surface area (Å²) in [7, 11) is -2.71. The highest BCUT2D eigenvalue weighted by Crippen LogP contribution is 2.31. The molecule has 0 bridgehead atoms. The van der Waals surface area contributed by atoms with Gasteiger partial charge < -0.3 is 10.2 Å². The molecule has 0 heterocycles. The van der Waals surface area contributed by atoms with E-state index in [-0.39, 0.29) is 28.1 Å². The van der Waals surface area contributed by atoms with E-state index in [9.17, 15) is 18.0 Å². The van der Waals surface area contributed by atoms with E-state index in [2.05, 4.69) is 5.32 Å². The summed E-state index contributed by atoms with van der Waals surface area (Å²) in [5.41, 5.74) is 0.768. The van der Waals surface area contributed by atoms with Gasteiger partial charge in [-0.2, -0.15) is 0 Å². The maximum atomic E-state index is 13.8. The van der Waals surface area contributed by atoms with E-state index < -0.39 is 28.5 Å². The monoisotopic (exact) mass is 581 g/mol. The predicted molar refractivity (Wildman–Crippen MR) is 148 cm³/mol. The number of carbonyl (C=O) groups is 2. The van der Waals surface area contributed by atoms with Crippen molar-refractivity contribution in [3.8, 4) is 0 Å². The number of likely N-dealkylation sites (N-methyl/N-ethyl adjacent to an activating group) is 1. The van der Waals surface area contributed by atoms with Crippen LogP contribution in [0.3, 0.4) is 0 Å². The van der Waals surface area contributed by atoms with Crippen LogP contribution in [0.1, 0.15) is 18.9 Å². The number of rotatable bonds is 10. The second-order valence-electron chi connectivity index (χ2n) is 8.08. The van der Waals surface area contributed by atoms with Gasteiger partial charge in [0.05, 0.1) is 25.7 Å². The summed E-state index contributed by atoms with van der Waals surface area (Å²) in [4.78, 5) is 27.9. The van der Waals surface area contributed by atoms with Gasteiger partial charge in [-0.05, 0) is 48.4 Å². The summed E-state index contributed by atoms with van der Waals surface area (Å²) in [5, 5.41) is 3.37. The average Bonchev–Trinajstić information content (AvgIpc) is 2.89. The highest BCUT2D eigenvalue weighted by Gasteiger charge is 2.34. The molecule has 37 heavy (non-hydrogen) atoms. The summed E-state index contributed by atoms with van der Waals surface area (Å²) in [6, 6.07) is 18.2. The third kappa shape index (κ3) is 6.76. The fraction of sp³-hybridized carbons (Fsp3) is 0.231. The van der Waals surface area contributed by atoms with Crippen LogP contribution in [0.2, 0.25) is 15.1 Å². The molecule has 1 N–H and O–H groups in total. The third-order valence-electron chi connectivity index (χ3n) is 5.70. The van der Waals surface area contributed by atoms with Crippen LogP contribution >= 0.6 is 34.8 Å². The smallest absolute Gasteiger partial charge is 0.264 e. The van der Waals surface area contributed by atoms with E-state index in [1.54, 1.807) is 61.5 Å². The highest BCUT2D eigenvalue weighted by molar-refractivity contribution is 7.92. The fourth-order valence-corrected chi connectivity index (χ4v) is 5.87. The first-order chi connectivity index (χ1) is 17.6. The minimum absolute atomic E-state index is 0.00269. The molecule has 0 saturated heterocycles. The van der Waals surface area contributed by atoms with Crippen molar-refractivity contribution in [2.45, 2.75) is 30.8 Å². The molecular formula is C26H26Cl3N3O4S. The van der Waals surface area contributed by atoms with Crippen LogP contribution in [-0.4, -0.2) is 44.8 Å². The third-order valence-corrected chi connectivity index (χ3v) is 8.53. The van der Waals surface area contributed by atoms with Crippen molar-refractivity contribution in [3.63, 3.8) is 0 Å². The first-order valence-electron chi connectivity index (χ1n) is 11.4. The van der Waals surface area contributed by atoms with E-state index in [0.717, 1.165) is 4.31 Å². The molecule has 3 aromatic carbocycles. The zero-order valence-corrected chi connectivity index (χ0v) is 23.3. The topological polar surface area (TPSA) is 86.8 Å². The molecule has 1 atom stereocenters. The Bertz CT molecular complexity index is 1370. The molecule has 0 aliphatic rings. The zero-order chi connectivity index (χ0) is 27.2. The lowest BCUT2D eigenvalue weighted by Gasteiger charge is -2.33. The standard InChI is InChI=1S/C26H26Cl3N3O4S/c1-3-23(26(34)30-2)31(16-18-13-14-20(27)22(29)15-18)25(33)17-32(24-12-8-7-11-21(24)28)37(35,36)19-9-5-4-6-10-19/h4-15,23H,3,16-17H2,1-2H3,(H,30,34)/t23-/m0/s1. The van der Waals surface area contributed by atoms with Gasteiger partial charge in [0.25, 0.3) is 10.0 Å². The minimum Gasteiger partial charge on any atom is -0.357 e. The number of halogens is 3. The van der Waals surface area contributed by atoms with Crippen LogP contribution < -0.4 is 9.62 Å². The molecule has 0 radical (unpaired) electrons. The van der Waals surface area contributed by atoms with Gasteiger partial charge in [-0.15, -0.1) is 0 Å². The number of benzene rings is 3. The van der Waals surface area contributed by atoms with Gasteiger partial charge >= 0.3 is 0 Å². The van der Waals surface area contributed by atoms with Crippen molar-refractivity contribution in [1.29, 1.82) is 0 Å². The Balaban J connectivity index is 2.07. The Kier molecular flexibility index (Phi) is 9.84. The Morgan fingerprint density at radius 2 is 1.54 bits per heavy atom. The Hall–Kier alpha value is -2.78. The lowest BCUT2D eigenvalue weighted by Crippen LogP contribution is -2.51. The Labute approximate surface area is 232 Å². The van der Waals surface area contributed by atoms with Crippen molar-refractivity contribution >= 4 is 62.3 Å². The first-order valence-corrected chi connectivity index (χ1v) is 13.9. The molecule has 0 fully saturated rings. The lowest BCUT2D eigenvalue weighted by molar-refractivity contribution is -0.140. The quantitative estimate of drug-likeness (QED) is 0.347. The van der Waals surface area contributed by atoms with Gasteiger partial charge in [-0.3, -0.25) is 13.9 Å². The lowest BCUT2D eigenvalue weighted by atomic mass is 10.1. The normalized spacial score (nSPS) is 12.0. The largest absolute Gasteiger partial charge is 0.357 e. The van der Waals surface area contributed by atoms with E-state index >= 15 is 0 Å². The van der Waals surface area contributed by atoms with Gasteiger partial charge in [-0.1, -0.05) is 78.1 Å². The number of carbonyl (C=O) groups excluding carboxylic acids is 2. The van der Waals surface area contributed by atoms with Crippen LogP contribution in [0.15, 0.2) is 77.7 Å². The van der Waals surface area contributed by atoms with Crippen LogP contribution in [0.5, 0.6) is 0 Å². The number of hydrogen-bond donors (Lipinski definition) is 1. The van der Waals surface area contributed by atoms with E-state index in [0.29, 0.717) is 22.0 Å². The summed E-state index contributed by atoms with van der Waals surface area (Å²) >= 11 is 18.6. The molecule has 0 unspecified atom stereocenters. The van der Waals surface area contributed by atoms with Crippen LogP contribution in [-0.2, 0) is 26.2 Å². The van der Waals surface area contributed by atoms with Gasteiger partial charge in [0, 0.05) is 13.6 Å². The fourth-order valence-electron chi connectivity index (χ4n) is 3.81. The molecule has 3 aromatic rings. The van der Waals surface area contributed by atoms with Crippen molar-refractivity contribution in [2.75, 3.05) is 17.9 Å². The van der Waals surface area contributed by atoms with E-state index in [1.807, 2.05) is 0 Å². The molecule has 0 aliphatic carbocycles. The maximum Gasteiger partial charge on any atom is 0.264 e. The van der Waals surface area contributed by atoms with Crippen molar-refractivity contribution in [1.82, 2.24) is 10.2 Å². The Morgan fingerprint density at radius 1 is 0.892 bits per heavy atom. The number of nitrogens with zero attached hydrogens (tertiary/aromatic N) is 2. The molecule has 0 spiro atoms. The van der Waals surface area contributed by atoms with Gasteiger partial charge in [0.1, 0.15) is 12.6 Å². The number of nitrogens with one attached hydrogen (secondary N) is 1. The number of anilines is 1. The van der Waals surface area contributed by atoms with Crippen molar-refractivity contribution in [3.05, 3.63) is 93.4 Å². The Morgan fingerprint density at radius 3 is 2.14 bits per heavy atom. The highest BCUT2D eigenvalue weighted by atomic mass is 35.5. The molecule has 0 aromatic heterocycles. The molecular weight excluding hydrogens is 557 g/mol. The molecule has 196 valence electrons. The van der Waals surface area contributed by atoms with Crippen molar-refractivity contribution < 1.29 is 18.0 Å². The average molecular weight is 583 g/mol. The maximum absolute atomic E-state index is 13.8. The van der Waals surface area contributed by atoms with Crippen LogP contribution in [0.25, 0.3) is 0 Å². The zero-order valence-electron chi connectivity index (χ0n) is 20.2. The molecule has 3 rings (SSSR count).